The van der Waals surface area contributed by atoms with Crippen LogP contribution in [0.3, 0.4) is 0 Å². The van der Waals surface area contributed by atoms with Crippen LogP contribution in [0.2, 0.25) is 0 Å². The molecular formula is C12H18N2O. The van der Waals surface area contributed by atoms with E-state index in [9.17, 15) is 5.11 Å². The highest BCUT2D eigenvalue weighted by atomic mass is 16.3. The summed E-state index contributed by atoms with van der Waals surface area (Å²) in [5.74, 6) is 0.944. The first kappa shape index (κ1) is 10.3. The number of phenolic OH excluding ortho intramolecular Hbond substituents is 1. The van der Waals surface area contributed by atoms with Crippen LogP contribution in [0.5, 0.6) is 5.75 Å². The lowest BCUT2D eigenvalue weighted by molar-refractivity contribution is 0.372. The van der Waals surface area contributed by atoms with E-state index in [-0.39, 0.29) is 5.75 Å². The molecule has 1 fully saturated rings. The topological polar surface area (TPSA) is 58.3 Å². The molecule has 1 aromatic carbocycles. The number of phenols is 1. The van der Waals surface area contributed by atoms with Gasteiger partial charge in [-0.2, -0.15) is 0 Å². The molecule has 0 atom stereocenters. The molecule has 2 rings (SSSR count). The number of nitrogens with one attached hydrogen (secondary N) is 1. The molecule has 0 bridgehead atoms. The van der Waals surface area contributed by atoms with Crippen molar-refractivity contribution in [1.29, 1.82) is 0 Å². The van der Waals surface area contributed by atoms with Crippen LogP contribution in [0.1, 0.15) is 18.4 Å². The van der Waals surface area contributed by atoms with Gasteiger partial charge in [-0.15, -0.1) is 0 Å². The molecule has 1 aliphatic rings. The summed E-state index contributed by atoms with van der Waals surface area (Å²) in [5, 5.41) is 12.7. The highest BCUT2D eigenvalue weighted by molar-refractivity contribution is 5.53. The third kappa shape index (κ3) is 2.63. The molecular weight excluding hydrogens is 188 g/mol. The Morgan fingerprint density at radius 1 is 1.33 bits per heavy atom. The molecule has 1 aliphatic heterocycles. The maximum atomic E-state index is 9.31. The third-order valence-electron chi connectivity index (χ3n) is 3.08. The van der Waals surface area contributed by atoms with E-state index in [4.69, 9.17) is 5.73 Å². The fourth-order valence-electron chi connectivity index (χ4n) is 2.15. The predicted octanol–water partition coefficient (Wildman–Crippen LogP) is 1.52. The van der Waals surface area contributed by atoms with Crippen molar-refractivity contribution in [3.8, 4) is 5.75 Å². The van der Waals surface area contributed by atoms with Crippen LogP contribution in [-0.2, 0) is 6.42 Å². The lowest BCUT2D eigenvalue weighted by Gasteiger charge is -2.22. The molecule has 82 valence electrons. The van der Waals surface area contributed by atoms with Crippen LogP contribution in [-0.4, -0.2) is 18.2 Å². The molecule has 0 amide bonds. The number of hydrogen-bond donors (Lipinski definition) is 3. The second kappa shape index (κ2) is 4.53. The molecule has 3 nitrogen and oxygen atoms in total. The molecule has 4 N–H and O–H groups in total. The number of anilines is 1. The van der Waals surface area contributed by atoms with Crippen molar-refractivity contribution in [2.24, 2.45) is 5.92 Å². The van der Waals surface area contributed by atoms with E-state index in [1.807, 2.05) is 12.1 Å². The minimum absolute atomic E-state index is 0.184. The van der Waals surface area contributed by atoms with Gasteiger partial charge in [-0.1, -0.05) is 6.07 Å². The molecule has 1 saturated heterocycles. The van der Waals surface area contributed by atoms with Gasteiger partial charge >= 0.3 is 0 Å². The van der Waals surface area contributed by atoms with Gasteiger partial charge in [0.2, 0.25) is 0 Å². The number of benzene rings is 1. The molecule has 1 heterocycles. The minimum atomic E-state index is 0.184. The second-order valence-corrected chi connectivity index (χ2v) is 4.29. The summed E-state index contributed by atoms with van der Waals surface area (Å²) < 4.78 is 0. The van der Waals surface area contributed by atoms with E-state index in [1.165, 1.54) is 18.4 Å². The Hall–Kier alpha value is -1.22. The van der Waals surface area contributed by atoms with Crippen LogP contribution < -0.4 is 11.1 Å². The maximum absolute atomic E-state index is 9.31. The number of piperidine rings is 1. The third-order valence-corrected chi connectivity index (χ3v) is 3.08. The van der Waals surface area contributed by atoms with Gasteiger partial charge in [0.05, 0.1) is 5.69 Å². The quantitative estimate of drug-likeness (QED) is 0.508. The molecule has 15 heavy (non-hydrogen) atoms. The molecule has 0 aliphatic carbocycles. The van der Waals surface area contributed by atoms with Crippen molar-refractivity contribution in [3.05, 3.63) is 23.8 Å². The van der Waals surface area contributed by atoms with Crippen LogP contribution >= 0.6 is 0 Å². The number of rotatable bonds is 2. The van der Waals surface area contributed by atoms with Crippen molar-refractivity contribution in [2.45, 2.75) is 19.3 Å². The van der Waals surface area contributed by atoms with E-state index in [0.29, 0.717) is 5.69 Å². The van der Waals surface area contributed by atoms with E-state index < -0.39 is 0 Å². The SMILES string of the molecule is Nc1cc(CC2CCNCC2)ccc1O. The van der Waals surface area contributed by atoms with Crippen molar-refractivity contribution in [2.75, 3.05) is 18.8 Å². The summed E-state index contributed by atoms with van der Waals surface area (Å²) in [6.45, 7) is 2.25. The van der Waals surface area contributed by atoms with Gasteiger partial charge in [-0.05, 0) is 56.0 Å². The van der Waals surface area contributed by atoms with Gasteiger partial charge in [0.1, 0.15) is 5.75 Å². The summed E-state index contributed by atoms with van der Waals surface area (Å²) in [4.78, 5) is 0. The molecule has 0 unspecified atom stereocenters. The summed E-state index contributed by atoms with van der Waals surface area (Å²) in [6, 6.07) is 5.54. The largest absolute Gasteiger partial charge is 0.506 e. The van der Waals surface area contributed by atoms with Gasteiger partial charge in [0, 0.05) is 0 Å². The molecule has 1 aromatic rings. The van der Waals surface area contributed by atoms with Gasteiger partial charge in [-0.3, -0.25) is 0 Å². The van der Waals surface area contributed by atoms with Crippen molar-refractivity contribution < 1.29 is 5.11 Å². The van der Waals surface area contributed by atoms with E-state index >= 15 is 0 Å². The molecule has 0 aromatic heterocycles. The zero-order chi connectivity index (χ0) is 10.7. The number of aromatic hydroxyl groups is 1. The minimum Gasteiger partial charge on any atom is -0.506 e. The van der Waals surface area contributed by atoms with Crippen LogP contribution in [0.25, 0.3) is 0 Å². The van der Waals surface area contributed by atoms with Gasteiger partial charge < -0.3 is 16.2 Å². The summed E-state index contributed by atoms with van der Waals surface area (Å²) in [5.41, 5.74) is 7.38. The fraction of sp³-hybridized carbons (Fsp3) is 0.500. The van der Waals surface area contributed by atoms with Crippen LogP contribution in [0.4, 0.5) is 5.69 Å². The Balaban J connectivity index is 2.00. The van der Waals surface area contributed by atoms with Crippen molar-refractivity contribution >= 4 is 5.69 Å². The first-order chi connectivity index (χ1) is 7.25. The van der Waals surface area contributed by atoms with Crippen molar-refractivity contribution in [3.63, 3.8) is 0 Å². The van der Waals surface area contributed by atoms with E-state index in [1.54, 1.807) is 6.07 Å². The van der Waals surface area contributed by atoms with Gasteiger partial charge in [0.25, 0.3) is 0 Å². The highest BCUT2D eigenvalue weighted by Gasteiger charge is 2.13. The van der Waals surface area contributed by atoms with Gasteiger partial charge in [-0.25, -0.2) is 0 Å². The first-order valence-electron chi connectivity index (χ1n) is 5.54. The van der Waals surface area contributed by atoms with Gasteiger partial charge in [0.15, 0.2) is 0 Å². The summed E-state index contributed by atoms with van der Waals surface area (Å²) in [7, 11) is 0. The molecule has 0 saturated carbocycles. The van der Waals surface area contributed by atoms with E-state index in [0.717, 1.165) is 25.4 Å². The lowest BCUT2D eigenvalue weighted by Crippen LogP contribution is -2.28. The lowest BCUT2D eigenvalue weighted by atomic mass is 9.91. The smallest absolute Gasteiger partial charge is 0.138 e. The average molecular weight is 206 g/mol. The zero-order valence-electron chi connectivity index (χ0n) is 8.87. The fourth-order valence-corrected chi connectivity index (χ4v) is 2.15. The monoisotopic (exact) mass is 206 g/mol. The Morgan fingerprint density at radius 2 is 2.07 bits per heavy atom. The van der Waals surface area contributed by atoms with Crippen LogP contribution in [0.15, 0.2) is 18.2 Å². The normalized spacial score (nSPS) is 17.9. The second-order valence-electron chi connectivity index (χ2n) is 4.29. The number of nitrogen functional groups attached to an aromatic ring is 1. The standard InChI is InChI=1S/C12H18N2O/c13-11-8-10(1-2-12(11)15)7-9-3-5-14-6-4-9/h1-2,8-9,14-15H,3-7,13H2. The van der Waals surface area contributed by atoms with Crippen LogP contribution in [0, 0.1) is 5.92 Å². The molecule has 0 radical (unpaired) electrons. The van der Waals surface area contributed by atoms with Crippen molar-refractivity contribution in [1.82, 2.24) is 5.32 Å². The highest BCUT2D eigenvalue weighted by Crippen LogP contribution is 2.24. The Bertz CT molecular complexity index is 332. The Kier molecular flexibility index (Phi) is 3.11. The zero-order valence-corrected chi connectivity index (χ0v) is 8.87. The number of hydrogen-bond acceptors (Lipinski definition) is 3. The average Bonchev–Trinajstić information content (AvgIpc) is 2.25. The predicted molar refractivity (Wildman–Crippen MR) is 61.8 cm³/mol. The Labute approximate surface area is 90.3 Å². The molecule has 0 spiro atoms. The molecule has 3 heteroatoms. The maximum Gasteiger partial charge on any atom is 0.138 e. The first-order valence-corrected chi connectivity index (χ1v) is 5.54. The Morgan fingerprint density at radius 3 is 2.73 bits per heavy atom. The van der Waals surface area contributed by atoms with E-state index in [2.05, 4.69) is 5.32 Å². The number of nitrogens with two attached hydrogens (primary N) is 1. The summed E-state index contributed by atoms with van der Waals surface area (Å²) in [6.07, 6.45) is 3.55. The summed E-state index contributed by atoms with van der Waals surface area (Å²) >= 11 is 0.